The SMILES string of the molecule is CC1C(C)[C@@H](C)C(C)C1S(C)(C)NC(C)(C)C. The predicted octanol–water partition coefficient (Wildman–Crippen LogP) is 4.28. The zero-order chi connectivity index (χ0) is 13.6. The van der Waals surface area contributed by atoms with Crippen LogP contribution in [0, 0.1) is 23.7 Å². The highest BCUT2D eigenvalue weighted by Crippen LogP contribution is 2.58. The summed E-state index contributed by atoms with van der Waals surface area (Å²) in [4.78, 5) is 0. The second-order valence-corrected chi connectivity index (χ2v) is 11.2. The Morgan fingerprint density at radius 2 is 1.12 bits per heavy atom. The van der Waals surface area contributed by atoms with Gasteiger partial charge < -0.3 is 0 Å². The van der Waals surface area contributed by atoms with Crippen LogP contribution in [0.25, 0.3) is 0 Å². The van der Waals surface area contributed by atoms with E-state index in [1.807, 2.05) is 0 Å². The molecule has 0 amide bonds. The summed E-state index contributed by atoms with van der Waals surface area (Å²) in [5.74, 6) is 3.42. The zero-order valence-electron chi connectivity index (χ0n) is 13.3. The van der Waals surface area contributed by atoms with Crippen molar-refractivity contribution in [3.63, 3.8) is 0 Å². The molecule has 1 nitrogen and oxygen atoms in total. The van der Waals surface area contributed by atoms with Crippen LogP contribution in [0.2, 0.25) is 0 Å². The third-order valence-electron chi connectivity index (χ3n) is 4.77. The van der Waals surface area contributed by atoms with Crippen LogP contribution < -0.4 is 4.72 Å². The Hall–Kier alpha value is 0.310. The summed E-state index contributed by atoms with van der Waals surface area (Å²) in [6.07, 6.45) is 4.95. The molecule has 0 aromatic heterocycles. The number of nitrogens with one attached hydrogen (secondary N) is 1. The van der Waals surface area contributed by atoms with Gasteiger partial charge in [-0.15, -0.1) is 0 Å². The first kappa shape index (κ1) is 15.4. The van der Waals surface area contributed by atoms with Gasteiger partial charge in [-0.2, -0.15) is 10.2 Å². The fourth-order valence-electron chi connectivity index (χ4n) is 3.97. The summed E-state index contributed by atoms with van der Waals surface area (Å²) in [6, 6.07) is 0. The molecule has 1 N–H and O–H groups in total. The normalized spacial score (nSPS) is 40.6. The van der Waals surface area contributed by atoms with Gasteiger partial charge in [0.15, 0.2) is 0 Å². The van der Waals surface area contributed by atoms with Gasteiger partial charge in [-0.05, 0) is 57.0 Å². The predicted molar refractivity (Wildman–Crippen MR) is 82.8 cm³/mol. The Morgan fingerprint density at radius 3 is 1.41 bits per heavy atom. The third-order valence-corrected chi connectivity index (χ3v) is 8.13. The summed E-state index contributed by atoms with van der Waals surface area (Å²) < 4.78 is 3.92. The Balaban J connectivity index is 2.91. The average molecular weight is 260 g/mol. The lowest BCUT2D eigenvalue weighted by Crippen LogP contribution is -2.44. The second-order valence-electron chi connectivity index (χ2n) is 7.66. The maximum atomic E-state index is 3.92. The molecule has 0 saturated heterocycles. The molecule has 1 rings (SSSR count). The highest BCUT2D eigenvalue weighted by molar-refractivity contribution is 8.31. The van der Waals surface area contributed by atoms with Gasteiger partial charge in [0, 0.05) is 10.8 Å². The minimum atomic E-state index is -0.732. The number of rotatable bonds is 2. The van der Waals surface area contributed by atoms with E-state index in [0.29, 0.717) is 0 Å². The molecule has 1 saturated carbocycles. The highest BCUT2D eigenvalue weighted by atomic mass is 32.3. The lowest BCUT2D eigenvalue weighted by molar-refractivity contribution is 0.352. The van der Waals surface area contributed by atoms with Crippen molar-refractivity contribution in [3.8, 4) is 0 Å². The Kier molecular flexibility index (Phi) is 4.31. The topological polar surface area (TPSA) is 12.0 Å². The smallest absolute Gasteiger partial charge is 0.0183 e. The summed E-state index contributed by atoms with van der Waals surface area (Å²) in [6.45, 7) is 16.7. The monoisotopic (exact) mass is 259 g/mol. The lowest BCUT2D eigenvalue weighted by Gasteiger charge is -2.48. The van der Waals surface area contributed by atoms with Gasteiger partial charge >= 0.3 is 0 Å². The largest absolute Gasteiger partial charge is 0.276 e. The van der Waals surface area contributed by atoms with E-state index < -0.39 is 10.2 Å². The molecule has 104 valence electrons. The molecular formula is C15H33NS. The fourth-order valence-corrected chi connectivity index (χ4v) is 8.32. The molecule has 1 aliphatic carbocycles. The van der Waals surface area contributed by atoms with Crippen LogP contribution in [-0.2, 0) is 0 Å². The summed E-state index contributed by atoms with van der Waals surface area (Å²) >= 11 is 0. The maximum absolute atomic E-state index is 3.92. The number of hydrogen-bond acceptors (Lipinski definition) is 1. The second kappa shape index (κ2) is 4.77. The van der Waals surface area contributed by atoms with Crippen LogP contribution in [0.4, 0.5) is 0 Å². The highest BCUT2D eigenvalue weighted by Gasteiger charge is 2.47. The first-order valence-corrected chi connectivity index (χ1v) is 9.50. The van der Waals surface area contributed by atoms with E-state index in [1.165, 1.54) is 0 Å². The molecule has 0 aromatic rings. The average Bonchev–Trinajstić information content (AvgIpc) is 2.27. The van der Waals surface area contributed by atoms with Crippen molar-refractivity contribution in [2.75, 3.05) is 12.5 Å². The quantitative estimate of drug-likeness (QED) is 0.780. The molecule has 5 atom stereocenters. The minimum Gasteiger partial charge on any atom is -0.276 e. The molecule has 1 aliphatic rings. The summed E-state index contributed by atoms with van der Waals surface area (Å²) in [5.41, 5.74) is 0.230. The van der Waals surface area contributed by atoms with Crippen molar-refractivity contribution in [1.82, 2.24) is 4.72 Å². The molecule has 0 aromatic carbocycles. The van der Waals surface area contributed by atoms with E-state index in [9.17, 15) is 0 Å². The van der Waals surface area contributed by atoms with E-state index in [0.717, 1.165) is 28.9 Å². The molecule has 2 heteroatoms. The van der Waals surface area contributed by atoms with Crippen LogP contribution in [0.1, 0.15) is 48.5 Å². The van der Waals surface area contributed by atoms with E-state index in [4.69, 9.17) is 0 Å². The fraction of sp³-hybridized carbons (Fsp3) is 1.00. The molecule has 0 bridgehead atoms. The van der Waals surface area contributed by atoms with Crippen LogP contribution in [0.15, 0.2) is 0 Å². The van der Waals surface area contributed by atoms with E-state index in [2.05, 4.69) is 65.7 Å². The molecule has 0 heterocycles. The number of hydrogen-bond donors (Lipinski definition) is 1. The maximum Gasteiger partial charge on any atom is 0.0183 e. The molecule has 17 heavy (non-hydrogen) atoms. The van der Waals surface area contributed by atoms with Crippen molar-refractivity contribution >= 4 is 10.2 Å². The third kappa shape index (κ3) is 3.20. The van der Waals surface area contributed by atoms with Crippen LogP contribution >= 0.6 is 10.2 Å². The van der Waals surface area contributed by atoms with Gasteiger partial charge in [0.25, 0.3) is 0 Å². The van der Waals surface area contributed by atoms with Crippen molar-refractivity contribution in [3.05, 3.63) is 0 Å². The van der Waals surface area contributed by atoms with Crippen molar-refractivity contribution in [1.29, 1.82) is 0 Å². The first-order valence-electron chi connectivity index (χ1n) is 6.98. The molecule has 1 fully saturated rings. The van der Waals surface area contributed by atoms with Gasteiger partial charge in [-0.25, -0.2) is 0 Å². The van der Waals surface area contributed by atoms with Crippen LogP contribution in [-0.4, -0.2) is 23.3 Å². The zero-order valence-corrected chi connectivity index (χ0v) is 14.1. The van der Waals surface area contributed by atoms with Crippen LogP contribution in [0.5, 0.6) is 0 Å². The van der Waals surface area contributed by atoms with E-state index in [-0.39, 0.29) is 5.54 Å². The molecule has 0 aliphatic heterocycles. The van der Waals surface area contributed by atoms with E-state index >= 15 is 0 Å². The van der Waals surface area contributed by atoms with Crippen molar-refractivity contribution in [2.24, 2.45) is 23.7 Å². The van der Waals surface area contributed by atoms with Gasteiger partial charge in [0.1, 0.15) is 0 Å². The summed E-state index contributed by atoms with van der Waals surface area (Å²) in [5, 5.41) is 0.853. The van der Waals surface area contributed by atoms with Crippen molar-refractivity contribution in [2.45, 2.75) is 59.3 Å². The standard InChI is InChI=1S/C15H33NS/c1-10-11(2)13(4)14(12(10)3)17(8,9)16-15(5,6)7/h10-14,16H,1-9H3/t10-,11?,12?,13?,14?/m1/s1. The molecule has 4 unspecified atom stereocenters. The van der Waals surface area contributed by atoms with Gasteiger partial charge in [0.05, 0.1) is 0 Å². The van der Waals surface area contributed by atoms with E-state index in [1.54, 1.807) is 0 Å². The minimum absolute atomic E-state index is 0.230. The van der Waals surface area contributed by atoms with Gasteiger partial charge in [-0.3, -0.25) is 4.72 Å². The van der Waals surface area contributed by atoms with Gasteiger partial charge in [0.2, 0.25) is 0 Å². The van der Waals surface area contributed by atoms with Gasteiger partial charge in [-0.1, -0.05) is 27.7 Å². The first-order chi connectivity index (χ1) is 7.47. The van der Waals surface area contributed by atoms with Crippen molar-refractivity contribution < 1.29 is 0 Å². The van der Waals surface area contributed by atoms with Crippen LogP contribution in [0.3, 0.4) is 0 Å². The summed E-state index contributed by atoms with van der Waals surface area (Å²) in [7, 11) is -0.732. The molecular weight excluding hydrogens is 226 g/mol. The Bertz CT molecular complexity index is 253. The molecule has 0 radical (unpaired) electrons. The Labute approximate surface area is 111 Å². The Morgan fingerprint density at radius 1 is 0.765 bits per heavy atom. The lowest BCUT2D eigenvalue weighted by atomic mass is 9.92. The molecule has 0 spiro atoms.